The molecule has 48 heavy (non-hydrogen) atoms. The van der Waals surface area contributed by atoms with Crippen molar-refractivity contribution in [1.82, 2.24) is 19.9 Å². The van der Waals surface area contributed by atoms with Gasteiger partial charge in [-0.15, -0.1) is 0 Å². The first-order chi connectivity index (χ1) is 23.4. The molecular weight excluding hydrogens is 605 g/mol. The van der Waals surface area contributed by atoms with E-state index in [0.29, 0.717) is 28.0 Å². The van der Waals surface area contributed by atoms with E-state index >= 15 is 0 Å². The Morgan fingerprint density at radius 2 is 0.625 bits per heavy atom. The summed E-state index contributed by atoms with van der Waals surface area (Å²) < 4.78 is 40.0. The zero-order chi connectivity index (χ0) is 32.7. The Morgan fingerprint density at radius 3 is 0.979 bits per heavy atom. The zero-order valence-electron chi connectivity index (χ0n) is 25.4. The molecule has 0 unspecified atom stereocenters. The highest BCUT2D eigenvalue weighted by Crippen LogP contribution is 2.36. The van der Waals surface area contributed by atoms with Crippen LogP contribution < -0.4 is 0 Å². The molecule has 8 aromatic rings. The van der Waals surface area contributed by atoms with Gasteiger partial charge < -0.3 is 0 Å². The van der Waals surface area contributed by atoms with Gasteiger partial charge in [0.1, 0.15) is 0 Å². The lowest BCUT2D eigenvalue weighted by Crippen LogP contribution is -2.04. The number of nitrogens with zero attached hydrogens (tertiary/aromatic N) is 4. The Hall–Kier alpha value is -6.21. The number of alkyl halides is 3. The molecule has 0 spiro atoms. The average Bonchev–Trinajstić information content (AvgIpc) is 3.14. The van der Waals surface area contributed by atoms with Crippen LogP contribution in [0.5, 0.6) is 0 Å². The molecule has 4 nitrogen and oxygen atoms in total. The molecule has 8 rings (SSSR count). The number of benzene rings is 6. The van der Waals surface area contributed by atoms with Crippen LogP contribution in [0.15, 0.2) is 152 Å². The number of fused-ring (bicyclic) bond motifs is 2. The Morgan fingerprint density at radius 1 is 0.312 bits per heavy atom. The van der Waals surface area contributed by atoms with Crippen molar-refractivity contribution in [2.75, 3.05) is 0 Å². The molecular formula is C41H25F3N4. The van der Waals surface area contributed by atoms with Crippen molar-refractivity contribution in [3.63, 3.8) is 0 Å². The third kappa shape index (κ3) is 5.56. The molecule has 230 valence electrons. The van der Waals surface area contributed by atoms with Crippen LogP contribution in [0.1, 0.15) is 5.56 Å². The van der Waals surface area contributed by atoms with E-state index in [1.165, 1.54) is 12.1 Å². The van der Waals surface area contributed by atoms with Crippen molar-refractivity contribution in [3.8, 4) is 56.2 Å². The minimum Gasteiger partial charge on any atom is -0.244 e. The number of aromatic nitrogens is 4. The topological polar surface area (TPSA) is 51.6 Å². The standard InChI is InChI=1S/C41H25F3N4/c42-41(43,44)32-20-16-29(17-21-32)40-38(27-12-6-2-7-13-27)46-34-23-19-31(25-36(34)48-40)30-18-22-33-35(24-30)47-39(28-14-8-3-9-15-28)37(45-33)26-10-4-1-5-11-26/h1-25H. The van der Waals surface area contributed by atoms with Gasteiger partial charge in [-0.05, 0) is 47.5 Å². The summed E-state index contributed by atoms with van der Waals surface area (Å²) in [7, 11) is 0. The van der Waals surface area contributed by atoms with E-state index in [0.717, 1.165) is 62.4 Å². The highest BCUT2D eigenvalue weighted by molar-refractivity contribution is 5.92. The minimum atomic E-state index is -4.43. The first-order valence-corrected chi connectivity index (χ1v) is 15.4. The van der Waals surface area contributed by atoms with Gasteiger partial charge in [0.25, 0.3) is 0 Å². The largest absolute Gasteiger partial charge is 0.416 e. The molecule has 2 aromatic heterocycles. The van der Waals surface area contributed by atoms with E-state index in [-0.39, 0.29) is 0 Å². The van der Waals surface area contributed by atoms with E-state index in [1.54, 1.807) is 0 Å². The van der Waals surface area contributed by atoms with Gasteiger partial charge >= 0.3 is 6.18 Å². The van der Waals surface area contributed by atoms with Crippen molar-refractivity contribution in [2.45, 2.75) is 6.18 Å². The van der Waals surface area contributed by atoms with Gasteiger partial charge in [0, 0.05) is 22.3 Å². The van der Waals surface area contributed by atoms with Crippen LogP contribution in [0.4, 0.5) is 13.2 Å². The summed E-state index contributed by atoms with van der Waals surface area (Å²) in [5.74, 6) is 0. The molecule has 0 aliphatic carbocycles. The maximum absolute atomic E-state index is 13.3. The quantitative estimate of drug-likeness (QED) is 0.190. The number of hydrogen-bond acceptors (Lipinski definition) is 4. The number of rotatable bonds is 5. The van der Waals surface area contributed by atoms with Crippen LogP contribution in [-0.2, 0) is 6.18 Å². The predicted molar refractivity (Wildman–Crippen MR) is 185 cm³/mol. The predicted octanol–water partition coefficient (Wildman–Crippen LogP) is 10.9. The summed E-state index contributed by atoms with van der Waals surface area (Å²) in [4.78, 5) is 20.1. The molecule has 0 bridgehead atoms. The molecule has 0 saturated carbocycles. The fourth-order valence-corrected chi connectivity index (χ4v) is 5.88. The zero-order valence-corrected chi connectivity index (χ0v) is 25.4. The Balaban J connectivity index is 1.26. The van der Waals surface area contributed by atoms with Crippen molar-refractivity contribution < 1.29 is 13.2 Å². The van der Waals surface area contributed by atoms with Crippen molar-refractivity contribution in [1.29, 1.82) is 0 Å². The smallest absolute Gasteiger partial charge is 0.244 e. The van der Waals surface area contributed by atoms with Crippen LogP contribution in [0.25, 0.3) is 78.2 Å². The van der Waals surface area contributed by atoms with Gasteiger partial charge in [-0.3, -0.25) is 0 Å². The monoisotopic (exact) mass is 630 g/mol. The summed E-state index contributed by atoms with van der Waals surface area (Å²) in [6.07, 6.45) is -4.43. The Bertz CT molecular complexity index is 2410. The first-order valence-electron chi connectivity index (χ1n) is 15.4. The highest BCUT2D eigenvalue weighted by atomic mass is 19.4. The molecule has 0 aliphatic rings. The van der Waals surface area contributed by atoms with Crippen LogP contribution >= 0.6 is 0 Å². The second kappa shape index (κ2) is 11.9. The summed E-state index contributed by atoms with van der Waals surface area (Å²) in [6, 6.07) is 46.5. The van der Waals surface area contributed by atoms with Crippen molar-refractivity contribution >= 4 is 22.1 Å². The van der Waals surface area contributed by atoms with Crippen LogP contribution in [-0.4, -0.2) is 19.9 Å². The highest BCUT2D eigenvalue weighted by Gasteiger charge is 2.30. The summed E-state index contributed by atoms with van der Waals surface area (Å²) >= 11 is 0. The lowest BCUT2D eigenvalue weighted by molar-refractivity contribution is -0.137. The molecule has 2 heterocycles. The van der Waals surface area contributed by atoms with E-state index in [2.05, 4.69) is 0 Å². The van der Waals surface area contributed by atoms with Crippen LogP contribution in [0, 0.1) is 0 Å². The van der Waals surface area contributed by atoms with Gasteiger partial charge in [-0.2, -0.15) is 13.2 Å². The molecule has 0 fully saturated rings. The second-order valence-corrected chi connectivity index (χ2v) is 11.4. The fourth-order valence-electron chi connectivity index (χ4n) is 5.88. The van der Waals surface area contributed by atoms with Crippen molar-refractivity contribution in [2.24, 2.45) is 0 Å². The van der Waals surface area contributed by atoms with Crippen LogP contribution in [0.3, 0.4) is 0 Å². The lowest BCUT2D eigenvalue weighted by Gasteiger charge is -2.13. The molecule has 6 aromatic carbocycles. The summed E-state index contributed by atoms with van der Waals surface area (Å²) in [5, 5.41) is 0. The maximum Gasteiger partial charge on any atom is 0.416 e. The Kier molecular flexibility index (Phi) is 7.22. The molecule has 0 radical (unpaired) electrons. The Labute approximate surface area is 274 Å². The second-order valence-electron chi connectivity index (χ2n) is 11.4. The fraction of sp³-hybridized carbons (Fsp3) is 0.0244. The van der Waals surface area contributed by atoms with E-state index < -0.39 is 11.7 Å². The molecule has 0 aliphatic heterocycles. The van der Waals surface area contributed by atoms with Gasteiger partial charge in [-0.25, -0.2) is 19.9 Å². The first kappa shape index (κ1) is 29.2. The normalized spacial score (nSPS) is 11.6. The number of halogens is 3. The van der Waals surface area contributed by atoms with E-state index in [1.807, 2.05) is 127 Å². The van der Waals surface area contributed by atoms with E-state index in [9.17, 15) is 13.2 Å². The molecule has 0 atom stereocenters. The summed E-state index contributed by atoms with van der Waals surface area (Å²) in [5.41, 5.74) is 9.98. The van der Waals surface area contributed by atoms with Gasteiger partial charge in [0.2, 0.25) is 0 Å². The van der Waals surface area contributed by atoms with Gasteiger partial charge in [0.05, 0.1) is 50.4 Å². The maximum atomic E-state index is 13.3. The molecule has 0 amide bonds. The van der Waals surface area contributed by atoms with Crippen LogP contribution in [0.2, 0.25) is 0 Å². The molecule has 0 saturated heterocycles. The molecule has 0 N–H and O–H groups in total. The van der Waals surface area contributed by atoms with E-state index in [4.69, 9.17) is 19.9 Å². The van der Waals surface area contributed by atoms with Crippen molar-refractivity contribution in [3.05, 3.63) is 157 Å². The third-order valence-electron chi connectivity index (χ3n) is 8.29. The summed E-state index contributed by atoms with van der Waals surface area (Å²) in [6.45, 7) is 0. The molecule has 7 heteroatoms. The van der Waals surface area contributed by atoms with Gasteiger partial charge in [-0.1, -0.05) is 115 Å². The average molecular weight is 631 g/mol. The third-order valence-corrected chi connectivity index (χ3v) is 8.29. The lowest BCUT2D eigenvalue weighted by atomic mass is 10.0. The SMILES string of the molecule is FC(F)(F)c1ccc(-c2nc3cc(-c4ccc5nc(-c6ccccc6)c(-c6ccccc6)nc5c4)ccc3nc2-c2ccccc2)cc1. The van der Waals surface area contributed by atoms with Gasteiger partial charge in [0.15, 0.2) is 0 Å². The minimum absolute atomic E-state index is 0.505. The number of hydrogen-bond donors (Lipinski definition) is 0.